The minimum Gasteiger partial charge on any atom is -0.268 e. The van der Waals surface area contributed by atoms with E-state index in [2.05, 4.69) is 0 Å². The monoisotopic (exact) mass is 315 g/mol. The second kappa shape index (κ2) is 3.71. The smallest absolute Gasteiger partial charge is 0.268 e. The average Bonchev–Trinajstić information content (AvgIpc) is 2.34. The maximum Gasteiger partial charge on any atom is 0.282 e. The number of fused-ring (bicyclic) bond motifs is 1. The maximum absolute atomic E-state index is 12.3. The van der Waals surface area contributed by atoms with Crippen molar-refractivity contribution in [3.05, 3.63) is 29.8 Å². The quantitative estimate of drug-likeness (QED) is 0.545. The summed E-state index contributed by atoms with van der Waals surface area (Å²) in [6.07, 6.45) is 0. The van der Waals surface area contributed by atoms with Crippen molar-refractivity contribution in [1.29, 1.82) is 0 Å². The van der Waals surface area contributed by atoms with Crippen LogP contribution in [0.3, 0.4) is 0 Å². The van der Waals surface area contributed by atoms with Crippen molar-refractivity contribution in [2.75, 3.05) is 0 Å². The van der Waals surface area contributed by atoms with Crippen LogP contribution in [0.5, 0.6) is 0 Å². The average molecular weight is 317 g/mol. The van der Waals surface area contributed by atoms with Crippen molar-refractivity contribution in [2.45, 2.75) is 8.81 Å². The summed E-state index contributed by atoms with van der Waals surface area (Å²) < 4.78 is 10.8. The van der Waals surface area contributed by atoms with Crippen LogP contribution in [0.4, 0.5) is 0 Å². The van der Waals surface area contributed by atoms with E-state index in [4.69, 9.17) is 46.0 Å². The van der Waals surface area contributed by atoms with Crippen molar-refractivity contribution < 1.29 is 9.00 Å². The van der Waals surface area contributed by atoms with E-state index in [1.54, 1.807) is 12.1 Å². The number of nitrogens with zero attached hydrogens (tertiary/aromatic N) is 1. The van der Waals surface area contributed by atoms with Crippen LogP contribution < -0.4 is 0 Å². The first-order valence-electron chi connectivity index (χ1n) is 4.02. The molecule has 16 heavy (non-hydrogen) atoms. The van der Waals surface area contributed by atoms with Gasteiger partial charge < -0.3 is 0 Å². The molecular formula is C8H4Cl3NO2S2. The lowest BCUT2D eigenvalue weighted by atomic mass is 10.2. The molecule has 1 atom stereocenters. The maximum atomic E-state index is 12.3. The molecule has 0 bridgehead atoms. The van der Waals surface area contributed by atoms with E-state index < -0.39 is 18.5 Å². The van der Waals surface area contributed by atoms with E-state index in [0.717, 1.165) is 0 Å². The van der Waals surface area contributed by atoms with Gasteiger partial charge >= 0.3 is 0 Å². The second-order valence-electron chi connectivity index (χ2n) is 3.04. The van der Waals surface area contributed by atoms with Gasteiger partial charge in [-0.15, -0.1) is 0 Å². The van der Waals surface area contributed by atoms with Gasteiger partial charge in [0.1, 0.15) is 8.68 Å². The highest BCUT2D eigenvalue weighted by molar-refractivity contribution is 8.32. The molecule has 86 valence electrons. The molecule has 0 spiro atoms. The Hall–Kier alpha value is -0.0700. The van der Waals surface area contributed by atoms with E-state index in [1.165, 1.54) is 12.1 Å². The van der Waals surface area contributed by atoms with Crippen LogP contribution in [-0.2, 0) is 19.9 Å². The van der Waals surface area contributed by atoms with E-state index >= 15 is 0 Å². The lowest BCUT2D eigenvalue weighted by Gasteiger charge is -2.24. The van der Waals surface area contributed by atoms with Crippen LogP contribution in [0.25, 0.3) is 0 Å². The van der Waals surface area contributed by atoms with Crippen molar-refractivity contribution in [3.63, 3.8) is 0 Å². The Morgan fingerprint density at radius 2 is 1.81 bits per heavy atom. The van der Waals surface area contributed by atoms with E-state index in [9.17, 15) is 9.00 Å². The SMILES string of the molecule is O=C1c2ccccc2S(=O)(=S)N1C(Cl)(Cl)Cl. The van der Waals surface area contributed by atoms with Gasteiger partial charge in [-0.2, -0.15) is 0 Å². The summed E-state index contributed by atoms with van der Waals surface area (Å²) in [5.41, 5.74) is 0.217. The third-order valence-electron chi connectivity index (χ3n) is 2.05. The summed E-state index contributed by atoms with van der Waals surface area (Å²) in [5, 5.41) is 0. The zero-order valence-electron chi connectivity index (χ0n) is 7.52. The molecule has 1 unspecified atom stereocenters. The van der Waals surface area contributed by atoms with Gasteiger partial charge in [-0.3, -0.25) is 4.79 Å². The Bertz CT molecular complexity index is 565. The zero-order valence-corrected chi connectivity index (χ0v) is 11.4. The molecule has 2 rings (SSSR count). The van der Waals surface area contributed by atoms with Crippen LogP contribution in [0.15, 0.2) is 29.2 Å². The van der Waals surface area contributed by atoms with Crippen LogP contribution in [0.2, 0.25) is 0 Å². The summed E-state index contributed by atoms with van der Waals surface area (Å²) in [6.45, 7) is 0. The van der Waals surface area contributed by atoms with Crippen molar-refractivity contribution in [3.8, 4) is 0 Å². The minimum absolute atomic E-state index is 0.217. The molecule has 3 nitrogen and oxygen atoms in total. The number of benzene rings is 1. The van der Waals surface area contributed by atoms with E-state index in [-0.39, 0.29) is 10.5 Å². The molecule has 1 aliphatic rings. The van der Waals surface area contributed by atoms with Crippen LogP contribution >= 0.6 is 34.8 Å². The number of amides is 1. The van der Waals surface area contributed by atoms with Gasteiger partial charge in [0.25, 0.3) is 9.82 Å². The molecule has 1 heterocycles. The van der Waals surface area contributed by atoms with E-state index in [1.807, 2.05) is 0 Å². The highest BCUT2D eigenvalue weighted by atomic mass is 35.6. The molecule has 1 aliphatic heterocycles. The number of carbonyl (C=O) groups is 1. The fourth-order valence-electron chi connectivity index (χ4n) is 1.44. The Morgan fingerprint density at radius 3 is 2.31 bits per heavy atom. The van der Waals surface area contributed by atoms with Gasteiger partial charge in [0.05, 0.1) is 10.5 Å². The first kappa shape index (κ1) is 12.4. The number of hydrogen-bond acceptors (Lipinski definition) is 3. The molecule has 0 radical (unpaired) electrons. The predicted molar refractivity (Wildman–Crippen MR) is 66.7 cm³/mol. The molecule has 0 fully saturated rings. The molecule has 1 aromatic rings. The molecule has 8 heteroatoms. The molecule has 0 saturated carbocycles. The third kappa shape index (κ3) is 1.71. The summed E-state index contributed by atoms with van der Waals surface area (Å²) in [6, 6.07) is 6.25. The summed E-state index contributed by atoms with van der Waals surface area (Å²) in [4.78, 5) is 12.1. The molecule has 1 amide bonds. The molecule has 0 N–H and O–H groups in total. The fraction of sp³-hybridized carbons (Fsp3) is 0.125. The van der Waals surface area contributed by atoms with Crippen LogP contribution in [0, 0.1) is 0 Å². The zero-order chi connectivity index (χ0) is 12.1. The van der Waals surface area contributed by atoms with Gasteiger partial charge in [-0.1, -0.05) is 46.9 Å². The van der Waals surface area contributed by atoms with Gasteiger partial charge in [-0.25, -0.2) is 8.51 Å². The number of halogens is 3. The summed E-state index contributed by atoms with van der Waals surface area (Å²) in [7, 11) is -3.23. The number of alkyl halides is 3. The first-order chi connectivity index (χ1) is 7.26. The van der Waals surface area contributed by atoms with Crippen molar-refractivity contribution in [2.24, 2.45) is 0 Å². The Morgan fingerprint density at radius 1 is 1.25 bits per heavy atom. The van der Waals surface area contributed by atoms with E-state index in [0.29, 0.717) is 4.31 Å². The van der Waals surface area contributed by atoms with Crippen LogP contribution in [0.1, 0.15) is 10.4 Å². The molecular weight excluding hydrogens is 313 g/mol. The lowest BCUT2D eigenvalue weighted by molar-refractivity contribution is 0.0872. The number of carbonyl (C=O) groups excluding carboxylic acids is 1. The highest BCUT2D eigenvalue weighted by Crippen LogP contribution is 2.42. The molecule has 0 aromatic heterocycles. The topological polar surface area (TPSA) is 37.4 Å². The Balaban J connectivity index is 2.73. The van der Waals surface area contributed by atoms with Gasteiger partial charge in [0.2, 0.25) is 0 Å². The number of rotatable bonds is 0. The molecule has 0 aliphatic carbocycles. The van der Waals surface area contributed by atoms with Crippen LogP contribution in [-0.4, -0.2) is 18.3 Å². The predicted octanol–water partition coefficient (Wildman–Crippen LogP) is 2.49. The lowest BCUT2D eigenvalue weighted by Crippen LogP contribution is -2.39. The first-order valence-corrected chi connectivity index (χ1v) is 7.59. The largest absolute Gasteiger partial charge is 0.282 e. The summed E-state index contributed by atoms with van der Waals surface area (Å²) in [5.74, 6) is -0.629. The normalized spacial score (nSPS) is 24.7. The minimum atomic E-state index is -3.23. The fourth-order valence-corrected chi connectivity index (χ4v) is 5.35. The van der Waals surface area contributed by atoms with Crippen molar-refractivity contribution >= 4 is 60.6 Å². The van der Waals surface area contributed by atoms with Gasteiger partial charge in [-0.05, 0) is 12.1 Å². The van der Waals surface area contributed by atoms with Gasteiger partial charge in [0, 0.05) is 11.2 Å². The molecule has 0 saturated heterocycles. The highest BCUT2D eigenvalue weighted by Gasteiger charge is 2.48. The second-order valence-corrected chi connectivity index (χ2v) is 8.37. The van der Waals surface area contributed by atoms with Gasteiger partial charge in [0.15, 0.2) is 0 Å². The van der Waals surface area contributed by atoms with Crippen molar-refractivity contribution in [1.82, 2.24) is 4.31 Å². The standard InChI is InChI=1S/C8H4Cl3NO2S2/c9-8(10,11)12-7(13)5-3-1-2-4-6(5)16(12,14)15/h1-4H. The molecule has 1 aromatic carbocycles. The Labute approximate surface area is 112 Å². The Kier molecular flexibility index (Phi) is 2.88. The summed E-state index contributed by atoms with van der Waals surface area (Å²) >= 11 is 21.7. The third-order valence-corrected chi connectivity index (χ3v) is 5.68. The number of hydrogen-bond donors (Lipinski definition) is 0.